The van der Waals surface area contributed by atoms with Crippen LogP contribution in [0.4, 0.5) is 0 Å². The fourth-order valence-electron chi connectivity index (χ4n) is 9.48. The number of ether oxygens (including phenoxy) is 1. The van der Waals surface area contributed by atoms with Crippen molar-refractivity contribution in [2.45, 2.75) is 57.5 Å². The lowest BCUT2D eigenvalue weighted by Gasteiger charge is -2.58. The number of rotatable bonds is 1. The van der Waals surface area contributed by atoms with Gasteiger partial charge in [0.15, 0.2) is 5.78 Å². The Morgan fingerprint density at radius 3 is 2.88 bits per heavy atom. The molecular weight excluding hydrogens is 320 g/mol. The first kappa shape index (κ1) is 15.1. The van der Waals surface area contributed by atoms with Gasteiger partial charge in [-0.1, -0.05) is 24.6 Å². The maximum Gasteiger partial charge on any atom is 0.155 e. The monoisotopic (exact) mass is 350 g/mol. The summed E-state index contributed by atoms with van der Waals surface area (Å²) >= 11 is 0. The highest BCUT2D eigenvalue weighted by Crippen LogP contribution is 2.81. The van der Waals surface area contributed by atoms with Gasteiger partial charge in [-0.05, 0) is 91.9 Å². The molecule has 26 heavy (non-hydrogen) atoms. The van der Waals surface area contributed by atoms with E-state index in [4.69, 9.17) is 4.74 Å². The molecule has 0 N–H and O–H groups in total. The highest BCUT2D eigenvalue weighted by molar-refractivity contribution is 5.91. The number of ketones is 1. The maximum absolute atomic E-state index is 12.0. The molecule has 6 unspecified atom stereocenters. The Morgan fingerprint density at radius 1 is 1.15 bits per heavy atom. The normalized spacial score (nSPS) is 60.7. The second kappa shape index (κ2) is 4.57. The lowest BCUT2D eigenvalue weighted by molar-refractivity contribution is -0.145. The summed E-state index contributed by atoms with van der Waals surface area (Å²) < 4.78 is 6.60. The van der Waals surface area contributed by atoms with Gasteiger partial charge in [-0.3, -0.25) is 4.79 Å². The van der Waals surface area contributed by atoms with Crippen molar-refractivity contribution in [2.24, 2.45) is 52.8 Å². The summed E-state index contributed by atoms with van der Waals surface area (Å²) in [7, 11) is 0. The molecular formula is C24H30O2. The molecule has 7 aliphatic rings. The summed E-state index contributed by atoms with van der Waals surface area (Å²) in [6, 6.07) is 0. The molecule has 5 saturated carbocycles. The summed E-state index contributed by atoms with van der Waals surface area (Å²) in [5, 5.41) is 0. The molecule has 0 aromatic rings. The molecule has 0 aromatic carbocycles. The lowest BCUT2D eigenvalue weighted by atomic mass is 9.48. The van der Waals surface area contributed by atoms with Crippen molar-refractivity contribution in [1.82, 2.24) is 0 Å². The van der Waals surface area contributed by atoms with Crippen molar-refractivity contribution in [3.05, 3.63) is 23.8 Å². The van der Waals surface area contributed by atoms with E-state index in [1.807, 2.05) is 0 Å². The molecule has 5 fully saturated rings. The van der Waals surface area contributed by atoms with E-state index in [-0.39, 0.29) is 5.60 Å². The van der Waals surface area contributed by atoms with Crippen LogP contribution in [0.3, 0.4) is 0 Å². The van der Waals surface area contributed by atoms with Gasteiger partial charge in [-0.25, -0.2) is 0 Å². The zero-order chi connectivity index (χ0) is 17.3. The van der Waals surface area contributed by atoms with Crippen LogP contribution in [-0.2, 0) is 9.53 Å². The Morgan fingerprint density at radius 2 is 2.08 bits per heavy atom. The average molecular weight is 351 g/mol. The zero-order valence-corrected chi connectivity index (χ0v) is 15.8. The smallest absolute Gasteiger partial charge is 0.155 e. The number of fused-ring (bicyclic) bond motifs is 12. The molecule has 1 aliphatic heterocycles. The van der Waals surface area contributed by atoms with Crippen LogP contribution in [0.2, 0.25) is 0 Å². The highest BCUT2D eigenvalue weighted by Gasteiger charge is 2.79. The topological polar surface area (TPSA) is 26.3 Å². The minimum Gasteiger partial charge on any atom is -0.366 e. The molecule has 0 bridgehead atoms. The van der Waals surface area contributed by atoms with Crippen molar-refractivity contribution in [1.29, 1.82) is 0 Å². The highest BCUT2D eigenvalue weighted by atomic mass is 16.5. The largest absolute Gasteiger partial charge is 0.366 e. The van der Waals surface area contributed by atoms with Gasteiger partial charge in [0, 0.05) is 11.8 Å². The summed E-state index contributed by atoms with van der Waals surface area (Å²) in [4.78, 5) is 12.0. The second-order valence-corrected chi connectivity index (χ2v) is 10.6. The molecule has 1 spiro atoms. The van der Waals surface area contributed by atoms with Crippen LogP contribution in [0.1, 0.15) is 51.9 Å². The number of carbonyl (C=O) groups is 1. The van der Waals surface area contributed by atoms with Gasteiger partial charge in [0.2, 0.25) is 0 Å². The molecule has 0 aromatic heterocycles. The quantitative estimate of drug-likeness (QED) is 0.648. The van der Waals surface area contributed by atoms with Crippen LogP contribution in [0.5, 0.6) is 0 Å². The molecule has 6 aliphatic carbocycles. The van der Waals surface area contributed by atoms with E-state index in [2.05, 4.69) is 25.2 Å². The Bertz CT molecular complexity index is 764. The third-order valence-corrected chi connectivity index (χ3v) is 10.3. The Balaban J connectivity index is 1.34. The van der Waals surface area contributed by atoms with Crippen LogP contribution in [0.15, 0.2) is 23.8 Å². The summed E-state index contributed by atoms with van der Waals surface area (Å²) in [6.45, 7) is 3.29. The molecule has 0 radical (unpaired) electrons. The first-order valence-corrected chi connectivity index (χ1v) is 11.3. The van der Waals surface area contributed by atoms with Gasteiger partial charge in [-0.15, -0.1) is 0 Å². The predicted molar refractivity (Wildman–Crippen MR) is 99.3 cm³/mol. The van der Waals surface area contributed by atoms with E-state index in [1.54, 1.807) is 5.57 Å². The van der Waals surface area contributed by atoms with Crippen molar-refractivity contribution in [3.63, 3.8) is 0 Å². The summed E-state index contributed by atoms with van der Waals surface area (Å²) in [5.74, 6) is 7.25. The van der Waals surface area contributed by atoms with Gasteiger partial charge >= 0.3 is 0 Å². The van der Waals surface area contributed by atoms with E-state index in [0.717, 1.165) is 66.8 Å². The summed E-state index contributed by atoms with van der Waals surface area (Å²) in [5.41, 5.74) is 2.09. The average Bonchev–Trinajstić information content (AvgIpc) is 3.56. The first-order valence-electron chi connectivity index (χ1n) is 11.3. The molecule has 0 saturated heterocycles. The van der Waals surface area contributed by atoms with Crippen LogP contribution in [0.25, 0.3) is 0 Å². The molecule has 1 heterocycles. The predicted octanol–water partition coefficient (Wildman–Crippen LogP) is 4.56. The molecule has 2 nitrogen and oxygen atoms in total. The third kappa shape index (κ3) is 1.49. The number of hydrogen-bond donors (Lipinski definition) is 0. The van der Waals surface area contributed by atoms with Gasteiger partial charge in [-0.2, -0.15) is 0 Å². The summed E-state index contributed by atoms with van der Waals surface area (Å²) in [6.07, 6.45) is 15.7. The van der Waals surface area contributed by atoms with Crippen molar-refractivity contribution < 1.29 is 9.53 Å². The molecule has 10 atom stereocenters. The van der Waals surface area contributed by atoms with E-state index >= 15 is 0 Å². The van der Waals surface area contributed by atoms with Gasteiger partial charge < -0.3 is 4.74 Å². The Hall–Kier alpha value is -0.890. The lowest BCUT2D eigenvalue weighted by Crippen LogP contribution is -2.56. The van der Waals surface area contributed by atoms with Crippen molar-refractivity contribution >= 4 is 5.78 Å². The SMILES string of the molecule is CC[C@]12CCC3C(C4CC4C4=CC(=O)CC[C@@H]43)C1C1C[C@@H]1[C@@]21C=CCO1. The fourth-order valence-corrected chi connectivity index (χ4v) is 9.48. The standard InChI is InChI=1S/C24H30O2/c1-2-23-8-6-15-14-5-4-13(25)10-16(14)17-11-18(17)21(15)22(23)19-12-20(19)24(23)7-3-9-26-24/h3,7,10,14-15,17-22H,2,4-6,8-9,11-12H2,1H3/t14-,15?,17?,18?,19?,20+,21?,22?,23+,24+/m1/s1. The number of allylic oxidation sites excluding steroid dienone is 1. The van der Waals surface area contributed by atoms with Gasteiger partial charge in [0.1, 0.15) is 0 Å². The van der Waals surface area contributed by atoms with Crippen molar-refractivity contribution in [2.75, 3.05) is 6.61 Å². The zero-order valence-electron chi connectivity index (χ0n) is 15.8. The molecule has 138 valence electrons. The number of hydrogen-bond acceptors (Lipinski definition) is 2. The van der Waals surface area contributed by atoms with Crippen LogP contribution in [0, 0.1) is 52.8 Å². The second-order valence-electron chi connectivity index (χ2n) is 10.6. The Kier molecular flexibility index (Phi) is 2.65. The van der Waals surface area contributed by atoms with Crippen LogP contribution < -0.4 is 0 Å². The van der Waals surface area contributed by atoms with Gasteiger partial charge in [0.25, 0.3) is 0 Å². The minimum absolute atomic E-state index is 0.0884. The molecule has 0 amide bonds. The fraction of sp³-hybridized carbons (Fsp3) is 0.792. The third-order valence-electron chi connectivity index (χ3n) is 10.3. The molecule has 2 heteroatoms. The van der Waals surface area contributed by atoms with Crippen LogP contribution in [-0.4, -0.2) is 18.0 Å². The number of carbonyl (C=O) groups excluding carboxylic acids is 1. The minimum atomic E-state index is 0.0884. The maximum atomic E-state index is 12.0. The first-order chi connectivity index (χ1) is 12.7. The van der Waals surface area contributed by atoms with E-state index in [1.165, 1.54) is 32.1 Å². The van der Waals surface area contributed by atoms with Gasteiger partial charge in [0.05, 0.1) is 12.2 Å². The Labute approximate surface area is 156 Å². The molecule has 7 rings (SSSR count). The van der Waals surface area contributed by atoms with E-state index in [9.17, 15) is 4.79 Å². The van der Waals surface area contributed by atoms with E-state index < -0.39 is 0 Å². The van der Waals surface area contributed by atoms with Crippen LogP contribution >= 0.6 is 0 Å². The van der Waals surface area contributed by atoms with Crippen molar-refractivity contribution in [3.8, 4) is 0 Å². The van der Waals surface area contributed by atoms with E-state index in [0.29, 0.717) is 11.2 Å².